The Morgan fingerprint density at radius 3 is 2.85 bits per heavy atom. The summed E-state index contributed by atoms with van der Waals surface area (Å²) in [6.07, 6.45) is 3.03. The van der Waals surface area contributed by atoms with E-state index in [1.807, 2.05) is 36.1 Å². The van der Waals surface area contributed by atoms with Crippen molar-refractivity contribution in [2.75, 3.05) is 13.1 Å². The van der Waals surface area contributed by atoms with Crippen LogP contribution in [-0.2, 0) is 6.54 Å². The number of aliphatic hydroxyl groups is 1. The second kappa shape index (κ2) is 7.15. The summed E-state index contributed by atoms with van der Waals surface area (Å²) in [7, 11) is 0. The first-order chi connectivity index (χ1) is 13.0. The second-order valence-electron chi connectivity index (χ2n) is 7.36. The number of aliphatic hydroxyl groups excluding tert-OH is 1. The number of aromatic nitrogens is 3. The Labute approximate surface area is 157 Å². The van der Waals surface area contributed by atoms with Crippen molar-refractivity contribution in [1.29, 1.82) is 0 Å². The third kappa shape index (κ3) is 3.60. The summed E-state index contributed by atoms with van der Waals surface area (Å²) in [6, 6.07) is 7.67. The van der Waals surface area contributed by atoms with Gasteiger partial charge in [0.2, 0.25) is 0 Å². The molecule has 1 fully saturated rings. The van der Waals surface area contributed by atoms with Crippen molar-refractivity contribution in [1.82, 2.24) is 19.9 Å². The molecule has 2 aromatic heterocycles. The van der Waals surface area contributed by atoms with Crippen molar-refractivity contribution in [3.8, 4) is 0 Å². The van der Waals surface area contributed by atoms with Crippen molar-refractivity contribution < 1.29 is 14.3 Å². The predicted molar refractivity (Wildman–Crippen MR) is 100 cm³/mol. The molecular formula is C20H24N4O3. The Bertz CT molecular complexity index is 951. The molecule has 3 aromatic rings. The Morgan fingerprint density at radius 2 is 2.15 bits per heavy atom. The zero-order chi connectivity index (χ0) is 19.0. The normalized spacial score (nSPS) is 16.8. The van der Waals surface area contributed by atoms with Gasteiger partial charge >= 0.3 is 0 Å². The maximum Gasteiger partial charge on any atom is 0.257 e. The fourth-order valence-electron chi connectivity index (χ4n) is 3.71. The largest absolute Gasteiger partial charge is 0.461 e. The van der Waals surface area contributed by atoms with Gasteiger partial charge in [0.05, 0.1) is 17.9 Å². The van der Waals surface area contributed by atoms with Crippen molar-refractivity contribution in [3.05, 3.63) is 47.5 Å². The molecule has 1 aliphatic rings. The minimum Gasteiger partial charge on any atom is -0.461 e. The maximum atomic E-state index is 13.0. The van der Waals surface area contributed by atoms with Crippen molar-refractivity contribution >= 4 is 16.9 Å². The van der Waals surface area contributed by atoms with Gasteiger partial charge in [-0.15, -0.1) is 5.10 Å². The average molecular weight is 368 g/mol. The highest BCUT2D eigenvalue weighted by Crippen LogP contribution is 2.26. The highest BCUT2D eigenvalue weighted by molar-refractivity contribution is 6.05. The Kier molecular flexibility index (Phi) is 4.70. The number of benzene rings is 1. The molecule has 1 amide bonds. The van der Waals surface area contributed by atoms with Gasteiger partial charge in [0.15, 0.2) is 0 Å². The lowest BCUT2D eigenvalue weighted by molar-refractivity contribution is 0.0681. The van der Waals surface area contributed by atoms with E-state index in [0.717, 1.165) is 43.6 Å². The summed E-state index contributed by atoms with van der Waals surface area (Å²) in [4.78, 5) is 14.9. The third-order valence-electron chi connectivity index (χ3n) is 5.23. The van der Waals surface area contributed by atoms with Crippen molar-refractivity contribution in [3.63, 3.8) is 0 Å². The molecule has 27 heavy (non-hydrogen) atoms. The molecule has 7 heteroatoms. The molecule has 0 radical (unpaired) electrons. The molecule has 0 saturated carbocycles. The number of carbonyl (C=O) groups excluding carboxylic acids is 1. The van der Waals surface area contributed by atoms with Crippen LogP contribution in [0.25, 0.3) is 11.0 Å². The molecule has 1 aliphatic heterocycles. The van der Waals surface area contributed by atoms with Gasteiger partial charge in [0.25, 0.3) is 5.91 Å². The number of para-hydroxylation sites is 1. The number of hydrogen-bond acceptors (Lipinski definition) is 5. The van der Waals surface area contributed by atoms with E-state index in [4.69, 9.17) is 4.42 Å². The summed E-state index contributed by atoms with van der Waals surface area (Å²) in [5.74, 6) is 1.29. The number of aryl methyl sites for hydroxylation is 1. The lowest BCUT2D eigenvalue weighted by Gasteiger charge is -2.32. The number of nitrogens with zero attached hydrogens (tertiary/aromatic N) is 4. The van der Waals surface area contributed by atoms with Gasteiger partial charge in [-0.1, -0.05) is 17.3 Å². The van der Waals surface area contributed by atoms with Crippen LogP contribution >= 0.6 is 0 Å². The van der Waals surface area contributed by atoms with Crippen LogP contribution in [0.2, 0.25) is 0 Å². The van der Waals surface area contributed by atoms with E-state index in [1.165, 1.54) is 0 Å². The molecule has 0 aliphatic carbocycles. The zero-order valence-corrected chi connectivity index (χ0v) is 15.6. The summed E-state index contributed by atoms with van der Waals surface area (Å²) in [5.41, 5.74) is 1.90. The van der Waals surface area contributed by atoms with Gasteiger partial charge in [-0.25, -0.2) is 0 Å². The number of hydrogen-bond donors (Lipinski definition) is 1. The topological polar surface area (TPSA) is 84.4 Å². The summed E-state index contributed by atoms with van der Waals surface area (Å²) < 4.78 is 7.53. The van der Waals surface area contributed by atoms with Crippen molar-refractivity contribution in [2.24, 2.45) is 5.92 Å². The first-order valence-electron chi connectivity index (χ1n) is 9.38. The van der Waals surface area contributed by atoms with Gasteiger partial charge in [-0.05, 0) is 44.7 Å². The molecule has 7 nitrogen and oxygen atoms in total. The SMILES string of the molecule is Cc1cc2cccc(C(=O)N3CCC(Cn4cc(C(C)O)nn4)CC3)c2o1. The summed E-state index contributed by atoms with van der Waals surface area (Å²) >= 11 is 0. The maximum absolute atomic E-state index is 13.0. The van der Waals surface area contributed by atoms with E-state index in [0.29, 0.717) is 22.8 Å². The molecule has 1 aromatic carbocycles. The molecule has 1 N–H and O–H groups in total. The molecule has 3 heterocycles. The van der Waals surface area contributed by atoms with Crippen LogP contribution in [0.4, 0.5) is 0 Å². The lowest BCUT2D eigenvalue weighted by atomic mass is 9.96. The molecule has 1 unspecified atom stereocenters. The van der Waals surface area contributed by atoms with Crippen LogP contribution < -0.4 is 0 Å². The molecule has 1 atom stereocenters. The molecule has 0 spiro atoms. The Balaban J connectivity index is 1.40. The standard InChI is InChI=1S/C20H24N4O3/c1-13-10-16-4-3-5-17(19(16)27-13)20(26)23-8-6-15(7-9-23)11-24-12-18(14(2)25)21-22-24/h3-5,10,12,14-15,25H,6-9,11H2,1-2H3. The first-order valence-corrected chi connectivity index (χ1v) is 9.38. The van der Waals surface area contributed by atoms with E-state index < -0.39 is 6.10 Å². The van der Waals surface area contributed by atoms with Crippen LogP contribution in [0.5, 0.6) is 0 Å². The highest BCUT2D eigenvalue weighted by Gasteiger charge is 2.26. The van der Waals surface area contributed by atoms with Crippen LogP contribution in [-0.4, -0.2) is 44.0 Å². The molecule has 4 rings (SSSR count). The Hall–Kier alpha value is -2.67. The van der Waals surface area contributed by atoms with Gasteiger partial charge in [0.1, 0.15) is 17.0 Å². The zero-order valence-electron chi connectivity index (χ0n) is 15.6. The smallest absolute Gasteiger partial charge is 0.257 e. The number of amides is 1. The molecule has 1 saturated heterocycles. The molecule has 142 valence electrons. The second-order valence-corrected chi connectivity index (χ2v) is 7.36. The van der Waals surface area contributed by atoms with E-state index in [1.54, 1.807) is 17.8 Å². The van der Waals surface area contributed by atoms with Crippen LogP contribution in [0.15, 0.2) is 34.9 Å². The minimum atomic E-state index is -0.605. The molecule has 0 bridgehead atoms. The number of likely N-dealkylation sites (tertiary alicyclic amines) is 1. The monoisotopic (exact) mass is 368 g/mol. The van der Waals surface area contributed by atoms with E-state index in [2.05, 4.69) is 10.3 Å². The third-order valence-corrected chi connectivity index (χ3v) is 5.23. The predicted octanol–water partition coefficient (Wildman–Crippen LogP) is 2.94. The average Bonchev–Trinajstić information content (AvgIpc) is 3.27. The van der Waals surface area contributed by atoms with E-state index in [9.17, 15) is 9.90 Å². The van der Waals surface area contributed by atoms with E-state index in [-0.39, 0.29) is 5.91 Å². The number of carbonyl (C=O) groups is 1. The van der Waals surface area contributed by atoms with Crippen molar-refractivity contribution in [2.45, 2.75) is 39.3 Å². The fourth-order valence-corrected chi connectivity index (χ4v) is 3.71. The van der Waals surface area contributed by atoms with E-state index >= 15 is 0 Å². The van der Waals surface area contributed by atoms with Crippen LogP contribution in [0.3, 0.4) is 0 Å². The minimum absolute atomic E-state index is 0.0329. The van der Waals surface area contributed by atoms with Gasteiger partial charge in [0, 0.05) is 25.0 Å². The lowest BCUT2D eigenvalue weighted by Crippen LogP contribution is -2.39. The Morgan fingerprint density at radius 1 is 1.37 bits per heavy atom. The first kappa shape index (κ1) is 17.7. The number of piperidine rings is 1. The van der Waals surface area contributed by atoms with Crippen LogP contribution in [0.1, 0.15) is 47.7 Å². The number of furan rings is 1. The number of fused-ring (bicyclic) bond motifs is 1. The summed E-state index contributed by atoms with van der Waals surface area (Å²) in [5, 5.41) is 18.6. The van der Waals surface area contributed by atoms with Gasteiger partial charge < -0.3 is 14.4 Å². The van der Waals surface area contributed by atoms with Gasteiger partial charge in [-0.3, -0.25) is 9.48 Å². The molecular weight excluding hydrogens is 344 g/mol. The van der Waals surface area contributed by atoms with Gasteiger partial charge in [-0.2, -0.15) is 0 Å². The number of rotatable bonds is 4. The fraction of sp³-hybridized carbons (Fsp3) is 0.450. The van der Waals surface area contributed by atoms with Crippen LogP contribution in [0, 0.1) is 12.8 Å². The highest BCUT2D eigenvalue weighted by atomic mass is 16.3. The summed E-state index contributed by atoms with van der Waals surface area (Å²) in [6.45, 7) is 5.77. The quantitative estimate of drug-likeness (QED) is 0.765.